The number of benzene rings is 1. The number of aromatic nitrogens is 2. The van der Waals surface area contributed by atoms with E-state index >= 15 is 0 Å². The van der Waals surface area contributed by atoms with Crippen LogP contribution in [0.1, 0.15) is 17.1 Å². The van der Waals surface area contributed by atoms with E-state index in [-0.39, 0.29) is 6.42 Å². The highest BCUT2D eigenvalue weighted by Crippen LogP contribution is 2.31. The highest BCUT2D eigenvalue weighted by Gasteiger charge is 2.14. The van der Waals surface area contributed by atoms with Crippen molar-refractivity contribution in [1.82, 2.24) is 9.97 Å². The van der Waals surface area contributed by atoms with Crippen LogP contribution in [0.15, 0.2) is 52.5 Å². The molecule has 1 N–H and O–H groups in total. The van der Waals surface area contributed by atoms with Gasteiger partial charge in [0, 0.05) is 11.0 Å². The minimum absolute atomic E-state index is 0.104. The molecule has 0 amide bonds. The molecule has 25 heavy (non-hydrogen) atoms. The number of nitrogens with zero attached hydrogens (tertiary/aromatic N) is 2. The van der Waals surface area contributed by atoms with Crippen molar-refractivity contribution in [3.05, 3.63) is 58.7 Å². The van der Waals surface area contributed by atoms with E-state index in [0.717, 1.165) is 15.2 Å². The molecule has 124 valence electrons. The number of furan rings is 1. The Morgan fingerprint density at radius 2 is 2.08 bits per heavy atom. The van der Waals surface area contributed by atoms with Gasteiger partial charge in [-0.15, -0.1) is 22.7 Å². The zero-order valence-electron chi connectivity index (χ0n) is 12.9. The van der Waals surface area contributed by atoms with Gasteiger partial charge in [-0.2, -0.15) is 0 Å². The van der Waals surface area contributed by atoms with Gasteiger partial charge < -0.3 is 9.52 Å². The van der Waals surface area contributed by atoms with E-state index < -0.39 is 5.97 Å². The second-order valence-corrected chi connectivity index (χ2v) is 7.17. The third-order valence-electron chi connectivity index (χ3n) is 3.49. The number of para-hydroxylation sites is 1. The first-order chi connectivity index (χ1) is 12.2. The first-order valence-electron chi connectivity index (χ1n) is 7.47. The number of carboxylic acid groups (broad SMARTS) is 1. The van der Waals surface area contributed by atoms with Gasteiger partial charge in [-0.1, -0.05) is 12.1 Å². The number of carboxylic acids is 1. The monoisotopic (exact) mass is 368 g/mol. The van der Waals surface area contributed by atoms with Crippen molar-refractivity contribution in [1.29, 1.82) is 0 Å². The number of aliphatic carboxylic acids is 1. The summed E-state index contributed by atoms with van der Waals surface area (Å²) in [6.45, 7) is 0. The van der Waals surface area contributed by atoms with Crippen LogP contribution in [-0.4, -0.2) is 21.0 Å². The van der Waals surface area contributed by atoms with E-state index in [0.29, 0.717) is 22.0 Å². The predicted octanol–water partition coefficient (Wildman–Crippen LogP) is 5.03. The molecule has 3 heterocycles. The average Bonchev–Trinajstić information content (AvgIpc) is 3.33. The Bertz CT molecular complexity index is 1030. The summed E-state index contributed by atoms with van der Waals surface area (Å²) in [6.07, 6.45) is 3.28. The Labute approximate surface area is 150 Å². The maximum Gasteiger partial charge on any atom is 0.307 e. The molecule has 0 fully saturated rings. The molecule has 0 saturated carbocycles. The summed E-state index contributed by atoms with van der Waals surface area (Å²) in [4.78, 5) is 20.4. The number of carbonyl (C=O) groups is 1. The molecule has 3 aromatic heterocycles. The molecule has 7 heteroatoms. The number of hydrogen-bond acceptors (Lipinski definition) is 6. The summed E-state index contributed by atoms with van der Waals surface area (Å²) in [5.41, 5.74) is 2.21. The second-order valence-electron chi connectivity index (χ2n) is 5.28. The van der Waals surface area contributed by atoms with Crippen molar-refractivity contribution in [3.8, 4) is 10.8 Å². The maximum atomic E-state index is 11.3. The van der Waals surface area contributed by atoms with Crippen LogP contribution < -0.4 is 0 Å². The van der Waals surface area contributed by atoms with Crippen LogP contribution in [0, 0.1) is 0 Å². The van der Waals surface area contributed by atoms with Gasteiger partial charge in [-0.3, -0.25) is 4.79 Å². The Balaban J connectivity index is 1.73. The van der Waals surface area contributed by atoms with E-state index in [2.05, 4.69) is 9.97 Å². The van der Waals surface area contributed by atoms with Crippen LogP contribution >= 0.6 is 22.7 Å². The molecular formula is C18H12N2O3S2. The minimum atomic E-state index is -0.896. The quantitative estimate of drug-likeness (QED) is 0.535. The number of hydrogen-bond donors (Lipinski definition) is 1. The maximum absolute atomic E-state index is 11.3. The Hall–Kier alpha value is -2.77. The SMILES string of the molecule is O=C(O)CC(=Cc1csc(-c2ccco2)n1)c1nc2ccccc2s1. The summed E-state index contributed by atoms with van der Waals surface area (Å²) in [7, 11) is 0. The van der Waals surface area contributed by atoms with E-state index in [9.17, 15) is 9.90 Å². The lowest BCUT2D eigenvalue weighted by Crippen LogP contribution is -1.97. The van der Waals surface area contributed by atoms with Crippen molar-refractivity contribution in [3.63, 3.8) is 0 Å². The fourth-order valence-electron chi connectivity index (χ4n) is 2.41. The van der Waals surface area contributed by atoms with Crippen LogP contribution in [0.5, 0.6) is 0 Å². The third-order valence-corrected chi connectivity index (χ3v) is 5.47. The van der Waals surface area contributed by atoms with Gasteiger partial charge in [-0.05, 0) is 30.3 Å². The van der Waals surface area contributed by atoms with Gasteiger partial charge in [0.2, 0.25) is 0 Å². The van der Waals surface area contributed by atoms with Gasteiger partial charge in [0.05, 0.1) is 28.6 Å². The van der Waals surface area contributed by atoms with Crippen LogP contribution in [0.4, 0.5) is 0 Å². The predicted molar refractivity (Wildman–Crippen MR) is 99.6 cm³/mol. The molecule has 0 radical (unpaired) electrons. The second kappa shape index (κ2) is 6.62. The first kappa shape index (κ1) is 15.7. The summed E-state index contributed by atoms with van der Waals surface area (Å²) in [6, 6.07) is 11.4. The summed E-state index contributed by atoms with van der Waals surface area (Å²) >= 11 is 2.94. The van der Waals surface area contributed by atoms with Crippen LogP contribution in [0.25, 0.3) is 32.6 Å². The molecule has 0 atom stereocenters. The lowest BCUT2D eigenvalue weighted by atomic mass is 10.1. The topological polar surface area (TPSA) is 76.2 Å². The van der Waals surface area contributed by atoms with E-state index in [1.807, 2.05) is 41.8 Å². The largest absolute Gasteiger partial charge is 0.481 e. The highest BCUT2D eigenvalue weighted by atomic mass is 32.1. The third kappa shape index (κ3) is 3.38. The Morgan fingerprint density at radius 1 is 1.20 bits per heavy atom. The van der Waals surface area contributed by atoms with E-state index in [1.165, 1.54) is 22.7 Å². The van der Waals surface area contributed by atoms with Gasteiger partial charge in [0.1, 0.15) is 5.01 Å². The normalized spacial score (nSPS) is 11.9. The molecule has 4 aromatic rings. The summed E-state index contributed by atoms with van der Waals surface area (Å²) in [5.74, 6) is -0.198. The van der Waals surface area contributed by atoms with Crippen molar-refractivity contribution in [2.75, 3.05) is 0 Å². The van der Waals surface area contributed by atoms with Gasteiger partial charge >= 0.3 is 5.97 Å². The lowest BCUT2D eigenvalue weighted by molar-refractivity contribution is -0.135. The molecule has 0 unspecified atom stereocenters. The van der Waals surface area contributed by atoms with Crippen molar-refractivity contribution in [2.24, 2.45) is 0 Å². The van der Waals surface area contributed by atoms with E-state index in [1.54, 1.807) is 12.3 Å². The lowest BCUT2D eigenvalue weighted by Gasteiger charge is -1.99. The average molecular weight is 368 g/mol. The van der Waals surface area contributed by atoms with Gasteiger partial charge in [0.25, 0.3) is 0 Å². The molecule has 0 spiro atoms. The first-order valence-corrected chi connectivity index (χ1v) is 9.16. The zero-order valence-corrected chi connectivity index (χ0v) is 14.5. The summed E-state index contributed by atoms with van der Waals surface area (Å²) in [5, 5.41) is 12.6. The molecule has 5 nitrogen and oxygen atoms in total. The van der Waals surface area contributed by atoms with Gasteiger partial charge in [-0.25, -0.2) is 9.97 Å². The smallest absolute Gasteiger partial charge is 0.307 e. The molecular weight excluding hydrogens is 356 g/mol. The molecule has 0 aliphatic rings. The van der Waals surface area contributed by atoms with Crippen molar-refractivity contribution >= 4 is 50.5 Å². The Kier molecular flexibility index (Phi) is 4.17. The Morgan fingerprint density at radius 3 is 2.84 bits per heavy atom. The molecule has 4 rings (SSSR count). The number of fused-ring (bicyclic) bond motifs is 1. The van der Waals surface area contributed by atoms with Crippen molar-refractivity contribution < 1.29 is 14.3 Å². The fourth-order valence-corrected chi connectivity index (χ4v) is 4.13. The fraction of sp³-hybridized carbons (Fsp3) is 0.0556. The zero-order chi connectivity index (χ0) is 17.2. The molecule has 0 saturated heterocycles. The number of rotatable bonds is 5. The van der Waals surface area contributed by atoms with Crippen LogP contribution in [0.3, 0.4) is 0 Å². The van der Waals surface area contributed by atoms with Crippen molar-refractivity contribution in [2.45, 2.75) is 6.42 Å². The summed E-state index contributed by atoms with van der Waals surface area (Å²) < 4.78 is 6.38. The standard InChI is InChI=1S/C18H12N2O3S2/c21-16(22)9-11(17-20-13-4-1-2-6-15(13)25-17)8-12-10-24-18(19-12)14-5-3-7-23-14/h1-8,10H,9H2,(H,21,22). The molecule has 0 bridgehead atoms. The van der Waals surface area contributed by atoms with Crippen LogP contribution in [0.2, 0.25) is 0 Å². The van der Waals surface area contributed by atoms with E-state index in [4.69, 9.17) is 4.42 Å². The molecule has 0 aliphatic carbocycles. The minimum Gasteiger partial charge on any atom is -0.481 e. The number of thiazole rings is 2. The van der Waals surface area contributed by atoms with Gasteiger partial charge in [0.15, 0.2) is 10.8 Å². The molecule has 1 aromatic carbocycles. The highest BCUT2D eigenvalue weighted by molar-refractivity contribution is 7.19. The van der Waals surface area contributed by atoms with Crippen LogP contribution in [-0.2, 0) is 4.79 Å². The molecule has 0 aliphatic heterocycles.